The van der Waals surface area contributed by atoms with Gasteiger partial charge in [0.15, 0.2) is 0 Å². The van der Waals surface area contributed by atoms with Crippen molar-refractivity contribution < 1.29 is 30.6 Å². The van der Waals surface area contributed by atoms with Gasteiger partial charge in [0.25, 0.3) is 0 Å². The highest BCUT2D eigenvalue weighted by atomic mass is 16.5. The van der Waals surface area contributed by atoms with Gasteiger partial charge in [0.2, 0.25) is 0 Å². The Labute approximate surface area is 181 Å². The summed E-state index contributed by atoms with van der Waals surface area (Å²) >= 11 is 0. The molecule has 1 unspecified atom stereocenters. The van der Waals surface area contributed by atoms with E-state index in [0.29, 0.717) is 39.6 Å². The Balaban J connectivity index is -0.000000106. The van der Waals surface area contributed by atoms with Crippen molar-refractivity contribution in [3.8, 4) is 36.2 Å². The molecule has 0 aromatic carbocycles. The third kappa shape index (κ3) is 46.1. The molecule has 0 saturated heterocycles. The number of allylic oxidation sites excluding steroid dienone is 1. The van der Waals surface area contributed by atoms with Gasteiger partial charge in [-0.1, -0.05) is 24.1 Å². The zero-order chi connectivity index (χ0) is 23.7. The lowest BCUT2D eigenvalue weighted by atomic mass is 10.4. The minimum absolute atomic E-state index is 0. The highest BCUT2D eigenvalue weighted by Gasteiger charge is 1.90. The average molecular weight is 409 g/mol. The van der Waals surface area contributed by atoms with Gasteiger partial charge in [0, 0.05) is 15.7 Å². The van der Waals surface area contributed by atoms with E-state index in [4.69, 9.17) is 36.9 Å². The summed E-state index contributed by atoms with van der Waals surface area (Å²) in [5.74, 6) is 9.91. The van der Waals surface area contributed by atoms with E-state index in [0.717, 1.165) is 0 Å². The Kier molecular flexibility index (Phi) is 39.9. The van der Waals surface area contributed by atoms with Crippen molar-refractivity contribution in [1.82, 2.24) is 0 Å². The predicted molar refractivity (Wildman–Crippen MR) is 122 cm³/mol. The molecule has 2 radical (unpaired) electrons. The van der Waals surface area contributed by atoms with Gasteiger partial charge in [0.1, 0.15) is 19.3 Å². The SMILES string of the molecule is C#CC#COCCOCC#CC.C/C=C/COCCO.C=CC(C)OCCO.[2H][B].[HH]. The van der Waals surface area contributed by atoms with Crippen LogP contribution in [0.5, 0.6) is 0 Å². The average Bonchev–Trinajstić information content (AvgIpc) is 2.79. The monoisotopic (exact) mass is 409 g/mol. The maximum atomic E-state index is 8.25. The third-order valence-electron chi connectivity index (χ3n) is 2.37. The number of ether oxygens (including phenoxy) is 4. The normalized spacial score (nSPS) is 9.59. The highest BCUT2D eigenvalue weighted by Crippen LogP contribution is 1.88. The quantitative estimate of drug-likeness (QED) is 0.220. The lowest BCUT2D eigenvalue weighted by molar-refractivity contribution is 0.0643. The largest absolute Gasteiger partial charge is 0.443 e. The van der Waals surface area contributed by atoms with Crippen LogP contribution in [0.3, 0.4) is 0 Å². The molecule has 2 N–H and O–H groups in total. The van der Waals surface area contributed by atoms with E-state index in [2.05, 4.69) is 44.7 Å². The summed E-state index contributed by atoms with van der Waals surface area (Å²) in [5.41, 5.74) is 0. The minimum Gasteiger partial charge on any atom is -0.443 e. The smallest absolute Gasteiger partial charge is 0.124 e. The molecule has 0 fully saturated rings. The van der Waals surface area contributed by atoms with Crippen LogP contribution in [-0.2, 0) is 18.9 Å². The first-order chi connectivity index (χ1) is 14.6. The summed E-state index contributed by atoms with van der Waals surface area (Å²) in [7, 11) is 3.75. The standard InChI is InChI=1S/C10H10O2.2C6H12O2.BH.H2/c1-3-5-7-11-9-10-12-8-6-4-2;1-3-6(2)8-5-4-7;1-2-3-5-8-6-4-7;;/h1H,8-10H2,2H3;3,6-7H,1,4-5H2,2H3;2-3,7H,4-6H2,1H3;2*1H/b;;3-2+;;/i;;;1D;. The molecule has 0 aromatic rings. The Hall–Kier alpha value is -2.18. The van der Waals surface area contributed by atoms with Crippen molar-refractivity contribution in [1.29, 1.82) is 1.34 Å². The van der Waals surface area contributed by atoms with Crippen LogP contribution >= 0.6 is 0 Å². The molecule has 0 aromatic heterocycles. The second-order valence-electron chi connectivity index (χ2n) is 4.60. The van der Waals surface area contributed by atoms with Gasteiger partial charge in [-0.2, -0.15) is 0 Å². The molecular weight excluding hydrogens is 371 g/mol. The first-order valence-corrected chi connectivity index (χ1v) is 8.83. The minimum atomic E-state index is 0. The fourth-order valence-corrected chi connectivity index (χ4v) is 1.03. The van der Waals surface area contributed by atoms with Gasteiger partial charge >= 0.3 is 0 Å². The third-order valence-corrected chi connectivity index (χ3v) is 2.37. The van der Waals surface area contributed by atoms with E-state index in [-0.39, 0.29) is 20.7 Å². The molecule has 164 valence electrons. The van der Waals surface area contributed by atoms with Gasteiger partial charge < -0.3 is 29.2 Å². The van der Waals surface area contributed by atoms with Crippen LogP contribution in [0.1, 0.15) is 22.2 Å². The Morgan fingerprint density at radius 3 is 2.41 bits per heavy atom. The van der Waals surface area contributed by atoms with Crippen LogP contribution in [-0.4, -0.2) is 78.9 Å². The first-order valence-electron chi connectivity index (χ1n) is 9.41. The van der Waals surface area contributed by atoms with E-state index in [9.17, 15) is 0 Å². The van der Waals surface area contributed by atoms with Crippen molar-refractivity contribution in [2.45, 2.75) is 26.9 Å². The van der Waals surface area contributed by atoms with Gasteiger partial charge in [-0.15, -0.1) is 18.9 Å². The summed E-state index contributed by atoms with van der Waals surface area (Å²) in [4.78, 5) is 0. The molecule has 0 saturated carbocycles. The van der Waals surface area contributed by atoms with Crippen LogP contribution in [0.15, 0.2) is 24.8 Å². The summed E-state index contributed by atoms with van der Waals surface area (Å²) in [6, 6.07) is 0. The maximum Gasteiger partial charge on any atom is 0.124 e. The fraction of sp³-hybridized carbons (Fsp3) is 0.545. The predicted octanol–water partition coefficient (Wildman–Crippen LogP) is 1.38. The molecule has 0 heterocycles. The van der Waals surface area contributed by atoms with Crippen LogP contribution in [0.2, 0.25) is 0 Å². The lowest BCUT2D eigenvalue weighted by Gasteiger charge is -2.04. The number of rotatable bonds is 12. The van der Waals surface area contributed by atoms with Crippen molar-refractivity contribution in [3.05, 3.63) is 24.8 Å². The molecule has 0 aliphatic heterocycles. The highest BCUT2D eigenvalue weighted by molar-refractivity contribution is 5.75. The maximum absolute atomic E-state index is 8.25. The summed E-state index contributed by atoms with van der Waals surface area (Å²) in [6.45, 7) is 12.0. The van der Waals surface area contributed by atoms with E-state index >= 15 is 0 Å². The summed E-state index contributed by atoms with van der Waals surface area (Å²) in [5, 5.41) is 16.5. The molecule has 0 aliphatic carbocycles. The molecule has 29 heavy (non-hydrogen) atoms. The van der Waals surface area contributed by atoms with Crippen molar-refractivity contribution in [2.75, 3.05) is 52.9 Å². The second kappa shape index (κ2) is 36.7. The Morgan fingerprint density at radius 1 is 1.21 bits per heavy atom. The Morgan fingerprint density at radius 2 is 1.90 bits per heavy atom. The Bertz CT molecular complexity index is 516. The van der Waals surface area contributed by atoms with Gasteiger partial charge in [0.05, 0.1) is 45.7 Å². The second-order valence-corrected chi connectivity index (χ2v) is 4.60. The van der Waals surface area contributed by atoms with E-state index in [1.165, 1.54) is 0 Å². The molecule has 6 nitrogen and oxygen atoms in total. The summed E-state index contributed by atoms with van der Waals surface area (Å²) < 4.78 is 24.9. The van der Waals surface area contributed by atoms with Crippen LogP contribution in [0.4, 0.5) is 0 Å². The zero-order valence-corrected chi connectivity index (χ0v) is 17.9. The van der Waals surface area contributed by atoms with E-state index in [1.54, 1.807) is 13.0 Å². The zero-order valence-electron chi connectivity index (χ0n) is 18.9. The number of hydrogen-bond donors (Lipinski definition) is 2. The van der Waals surface area contributed by atoms with Crippen molar-refractivity contribution >= 4 is 8.38 Å². The first kappa shape index (κ1) is 31.5. The lowest BCUT2D eigenvalue weighted by Crippen LogP contribution is -2.07. The van der Waals surface area contributed by atoms with Crippen molar-refractivity contribution in [3.63, 3.8) is 0 Å². The number of aliphatic hydroxyl groups excluding tert-OH is 2. The van der Waals surface area contributed by atoms with Crippen molar-refractivity contribution in [2.24, 2.45) is 0 Å². The summed E-state index contributed by atoms with van der Waals surface area (Å²) in [6.07, 6.45) is 12.7. The van der Waals surface area contributed by atoms with Gasteiger partial charge in [-0.05, 0) is 28.0 Å². The van der Waals surface area contributed by atoms with Gasteiger partial charge in [-0.3, -0.25) is 0 Å². The van der Waals surface area contributed by atoms with Gasteiger partial charge in [-0.25, -0.2) is 0 Å². The van der Waals surface area contributed by atoms with E-state index in [1.807, 2.05) is 26.0 Å². The number of aliphatic hydroxyl groups is 2. The van der Waals surface area contributed by atoms with Crippen LogP contribution in [0.25, 0.3) is 0 Å². The molecule has 0 aliphatic rings. The molecule has 0 rings (SSSR count). The van der Waals surface area contributed by atoms with E-state index < -0.39 is 0 Å². The molecule has 0 spiro atoms. The molecular formula is C22H37BO6. The molecule has 7 heteroatoms. The molecule has 1 atom stereocenters. The van der Waals surface area contributed by atoms with Crippen LogP contribution < -0.4 is 0 Å². The molecule has 0 bridgehead atoms. The topological polar surface area (TPSA) is 77.4 Å². The number of terminal acetylenes is 1. The fourth-order valence-electron chi connectivity index (χ4n) is 1.03. The molecule has 0 amide bonds. The van der Waals surface area contributed by atoms with Crippen LogP contribution in [0, 0.1) is 36.2 Å². The number of hydrogen-bond acceptors (Lipinski definition) is 6.